The van der Waals surface area contributed by atoms with Gasteiger partial charge in [0.05, 0.1) is 19.5 Å². The largest absolute Gasteiger partial charge is 0.464 e. The third-order valence-electron chi connectivity index (χ3n) is 6.88. The van der Waals surface area contributed by atoms with Crippen molar-refractivity contribution in [3.05, 3.63) is 18.1 Å². The number of methoxy groups -OCH3 is 1. The molecule has 1 aromatic heterocycles. The molecule has 1 aliphatic carbocycles. The highest BCUT2D eigenvalue weighted by Crippen LogP contribution is 2.33. The Morgan fingerprint density at radius 3 is 2.19 bits per heavy atom. The van der Waals surface area contributed by atoms with Crippen LogP contribution in [0.3, 0.4) is 0 Å². The van der Waals surface area contributed by atoms with Crippen LogP contribution in [0.25, 0.3) is 0 Å². The van der Waals surface area contributed by atoms with Crippen LogP contribution in [-0.2, 0) is 4.74 Å². The van der Waals surface area contributed by atoms with Crippen LogP contribution in [0.2, 0.25) is 0 Å². The van der Waals surface area contributed by atoms with E-state index in [1.165, 1.54) is 77.8 Å². The Labute approximate surface area is 162 Å². The molecule has 1 saturated carbocycles. The summed E-state index contributed by atoms with van der Waals surface area (Å²) in [6.07, 6.45) is 14.2. The van der Waals surface area contributed by atoms with Crippen LogP contribution >= 0.6 is 0 Å². The average Bonchev–Trinajstić information content (AvgIpc) is 2.68. The molecule has 3 heterocycles. The van der Waals surface area contributed by atoms with Crippen molar-refractivity contribution >= 4 is 11.8 Å². The minimum Gasteiger partial charge on any atom is -0.464 e. The zero-order valence-corrected chi connectivity index (χ0v) is 16.5. The van der Waals surface area contributed by atoms with Crippen molar-refractivity contribution in [2.45, 2.75) is 57.4 Å². The molecule has 148 valence electrons. The van der Waals surface area contributed by atoms with Gasteiger partial charge in [-0.25, -0.2) is 14.8 Å². The summed E-state index contributed by atoms with van der Waals surface area (Å²) >= 11 is 0. The van der Waals surface area contributed by atoms with E-state index in [0.717, 1.165) is 36.8 Å². The highest BCUT2D eigenvalue weighted by Gasteiger charge is 2.30. The number of esters is 1. The van der Waals surface area contributed by atoms with Crippen molar-refractivity contribution in [2.75, 3.05) is 38.2 Å². The summed E-state index contributed by atoms with van der Waals surface area (Å²) in [6, 6.07) is 0.917. The van der Waals surface area contributed by atoms with Crippen molar-refractivity contribution in [3.8, 4) is 0 Å². The first kappa shape index (κ1) is 18.7. The summed E-state index contributed by atoms with van der Waals surface area (Å²) in [4.78, 5) is 25.1. The maximum absolute atomic E-state index is 11.5. The van der Waals surface area contributed by atoms with Crippen LogP contribution in [0.4, 0.5) is 5.82 Å². The van der Waals surface area contributed by atoms with E-state index in [0.29, 0.717) is 0 Å². The van der Waals surface area contributed by atoms with Gasteiger partial charge in [-0.2, -0.15) is 0 Å². The molecule has 0 spiro atoms. The minimum atomic E-state index is -0.434. The zero-order valence-electron chi connectivity index (χ0n) is 16.5. The van der Waals surface area contributed by atoms with Crippen molar-refractivity contribution in [3.63, 3.8) is 0 Å². The van der Waals surface area contributed by atoms with Crippen LogP contribution < -0.4 is 4.90 Å². The number of nitrogens with zero attached hydrogens (tertiary/aromatic N) is 4. The van der Waals surface area contributed by atoms with Gasteiger partial charge in [0, 0.05) is 19.1 Å². The summed E-state index contributed by atoms with van der Waals surface area (Å²) in [5.74, 6) is 2.21. The number of hydrogen-bond acceptors (Lipinski definition) is 6. The summed E-state index contributed by atoms with van der Waals surface area (Å²) in [5, 5.41) is 0. The smallest absolute Gasteiger partial charge is 0.358 e. The number of anilines is 1. The lowest BCUT2D eigenvalue weighted by Gasteiger charge is -2.42. The van der Waals surface area contributed by atoms with E-state index in [1.54, 1.807) is 6.20 Å². The highest BCUT2D eigenvalue weighted by atomic mass is 16.5. The zero-order chi connectivity index (χ0) is 18.6. The standard InChI is InChI=1S/C21H32N4O2/c1-27-21(26)19-14-23-20(15-22-19)25-11-7-17(8-12-25)13-16-5-9-24(10-6-16)18-3-2-4-18/h14-18H,2-13H2,1H3. The van der Waals surface area contributed by atoms with E-state index in [1.807, 2.05) is 0 Å². The van der Waals surface area contributed by atoms with Gasteiger partial charge < -0.3 is 14.5 Å². The number of piperidine rings is 2. The Kier molecular flexibility index (Phi) is 5.91. The number of ether oxygens (including phenoxy) is 1. The topological polar surface area (TPSA) is 58.6 Å². The molecule has 4 rings (SSSR count). The predicted octanol–water partition coefficient (Wildman–Crippen LogP) is 3.13. The van der Waals surface area contributed by atoms with Gasteiger partial charge in [-0.1, -0.05) is 6.42 Å². The number of carbonyl (C=O) groups excluding carboxylic acids is 1. The summed E-state index contributed by atoms with van der Waals surface area (Å²) < 4.78 is 4.68. The second kappa shape index (κ2) is 8.55. The number of carbonyl (C=O) groups is 1. The molecule has 27 heavy (non-hydrogen) atoms. The van der Waals surface area contributed by atoms with E-state index in [9.17, 15) is 4.79 Å². The van der Waals surface area contributed by atoms with Gasteiger partial charge >= 0.3 is 5.97 Å². The Bertz CT molecular complexity index is 616. The third kappa shape index (κ3) is 4.42. The monoisotopic (exact) mass is 372 g/mol. The van der Waals surface area contributed by atoms with Crippen molar-refractivity contribution in [1.29, 1.82) is 0 Å². The van der Waals surface area contributed by atoms with E-state index in [-0.39, 0.29) is 5.69 Å². The van der Waals surface area contributed by atoms with Crippen LogP contribution in [0, 0.1) is 11.8 Å². The highest BCUT2D eigenvalue weighted by molar-refractivity contribution is 5.86. The molecule has 6 nitrogen and oxygen atoms in total. The molecule has 0 bridgehead atoms. The maximum Gasteiger partial charge on any atom is 0.358 e. The van der Waals surface area contributed by atoms with E-state index in [4.69, 9.17) is 0 Å². The molecule has 0 N–H and O–H groups in total. The fourth-order valence-electron chi connectivity index (χ4n) is 4.87. The SMILES string of the molecule is COC(=O)c1cnc(N2CCC(CC3CCN(C4CCC4)CC3)CC2)cn1. The van der Waals surface area contributed by atoms with Gasteiger partial charge in [0.25, 0.3) is 0 Å². The Morgan fingerprint density at radius 1 is 1.00 bits per heavy atom. The molecule has 0 aromatic carbocycles. The maximum atomic E-state index is 11.5. The molecule has 0 atom stereocenters. The summed E-state index contributed by atoms with van der Waals surface area (Å²) in [5.41, 5.74) is 0.268. The normalized spacial score (nSPS) is 23.2. The summed E-state index contributed by atoms with van der Waals surface area (Å²) in [7, 11) is 1.36. The van der Waals surface area contributed by atoms with Crippen molar-refractivity contribution in [2.24, 2.45) is 11.8 Å². The van der Waals surface area contributed by atoms with Crippen molar-refractivity contribution in [1.82, 2.24) is 14.9 Å². The second-order valence-electron chi connectivity index (χ2n) is 8.48. The fraction of sp³-hybridized carbons (Fsp3) is 0.762. The quantitative estimate of drug-likeness (QED) is 0.740. The molecule has 3 fully saturated rings. The molecule has 2 saturated heterocycles. The number of rotatable bonds is 5. The molecule has 2 aliphatic heterocycles. The fourth-order valence-corrected chi connectivity index (χ4v) is 4.87. The van der Waals surface area contributed by atoms with Crippen LogP contribution in [0.5, 0.6) is 0 Å². The second-order valence-corrected chi connectivity index (χ2v) is 8.48. The van der Waals surface area contributed by atoms with Gasteiger partial charge in [0.2, 0.25) is 0 Å². The molecule has 0 amide bonds. The first-order valence-electron chi connectivity index (χ1n) is 10.6. The van der Waals surface area contributed by atoms with Crippen molar-refractivity contribution < 1.29 is 9.53 Å². The third-order valence-corrected chi connectivity index (χ3v) is 6.88. The molecule has 0 radical (unpaired) electrons. The van der Waals surface area contributed by atoms with E-state index < -0.39 is 5.97 Å². The van der Waals surface area contributed by atoms with Crippen LogP contribution in [-0.4, -0.2) is 60.2 Å². The minimum absolute atomic E-state index is 0.268. The number of hydrogen-bond donors (Lipinski definition) is 0. The molecule has 0 unspecified atom stereocenters. The van der Waals surface area contributed by atoms with Gasteiger partial charge in [-0.05, 0) is 69.9 Å². The van der Waals surface area contributed by atoms with Gasteiger partial charge in [-0.3, -0.25) is 0 Å². The van der Waals surface area contributed by atoms with E-state index in [2.05, 4.69) is 24.5 Å². The molecular weight excluding hydrogens is 340 g/mol. The molecule has 6 heteroatoms. The van der Waals surface area contributed by atoms with E-state index >= 15 is 0 Å². The Morgan fingerprint density at radius 2 is 1.67 bits per heavy atom. The Balaban J connectivity index is 1.20. The first-order valence-corrected chi connectivity index (χ1v) is 10.6. The molecule has 3 aliphatic rings. The first-order chi connectivity index (χ1) is 13.2. The average molecular weight is 373 g/mol. The van der Waals surface area contributed by atoms with Crippen LogP contribution in [0.1, 0.15) is 61.9 Å². The van der Waals surface area contributed by atoms with Gasteiger partial charge in [0.15, 0.2) is 5.69 Å². The van der Waals surface area contributed by atoms with Gasteiger partial charge in [-0.15, -0.1) is 0 Å². The molecular formula is C21H32N4O2. The summed E-state index contributed by atoms with van der Waals surface area (Å²) in [6.45, 7) is 4.74. The van der Waals surface area contributed by atoms with Crippen LogP contribution in [0.15, 0.2) is 12.4 Å². The Hall–Kier alpha value is -1.69. The lowest BCUT2D eigenvalue weighted by Crippen LogP contribution is -2.45. The number of aromatic nitrogens is 2. The predicted molar refractivity (Wildman–Crippen MR) is 105 cm³/mol. The van der Waals surface area contributed by atoms with Gasteiger partial charge in [0.1, 0.15) is 5.82 Å². The molecule has 1 aromatic rings. The lowest BCUT2D eigenvalue weighted by atomic mass is 9.81. The lowest BCUT2D eigenvalue weighted by molar-refractivity contribution is 0.0593. The number of likely N-dealkylation sites (tertiary alicyclic amines) is 1.